The topological polar surface area (TPSA) is 105 Å². The molecule has 1 amide bonds. The Balaban J connectivity index is 1.80. The molecule has 1 aromatic heterocycles. The Bertz CT molecular complexity index is 1260. The van der Waals surface area contributed by atoms with Crippen LogP contribution in [-0.2, 0) is 25.6 Å². The molecule has 0 bridgehead atoms. The van der Waals surface area contributed by atoms with Crippen molar-refractivity contribution < 1.29 is 19.1 Å². The Kier molecular flexibility index (Phi) is 9.86. The van der Waals surface area contributed by atoms with Crippen LogP contribution >= 0.6 is 24.0 Å². The van der Waals surface area contributed by atoms with Crippen molar-refractivity contribution in [3.63, 3.8) is 0 Å². The molecule has 210 valence electrons. The van der Waals surface area contributed by atoms with E-state index in [0.29, 0.717) is 72.0 Å². The van der Waals surface area contributed by atoms with E-state index in [1.807, 2.05) is 6.92 Å². The first-order valence-electron chi connectivity index (χ1n) is 13.8. The van der Waals surface area contributed by atoms with E-state index in [2.05, 4.69) is 11.0 Å². The molecule has 11 heteroatoms. The van der Waals surface area contributed by atoms with Crippen LogP contribution in [0.5, 0.6) is 0 Å². The molecule has 3 fully saturated rings. The highest BCUT2D eigenvalue weighted by molar-refractivity contribution is 8.26. The summed E-state index contributed by atoms with van der Waals surface area (Å²) in [5.41, 5.74) is 0.881. The van der Waals surface area contributed by atoms with Crippen molar-refractivity contribution in [1.29, 1.82) is 5.26 Å². The van der Waals surface area contributed by atoms with Gasteiger partial charge in [-0.2, -0.15) is 5.26 Å². The van der Waals surface area contributed by atoms with Crippen molar-refractivity contribution in [2.45, 2.75) is 71.9 Å². The molecule has 0 radical (unpaired) electrons. The molecule has 0 N–H and O–H groups in total. The average molecular weight is 573 g/mol. The van der Waals surface area contributed by atoms with E-state index in [1.165, 1.54) is 11.8 Å². The smallest absolute Gasteiger partial charge is 0.310 e. The number of nitriles is 1. The summed E-state index contributed by atoms with van der Waals surface area (Å²) in [5.74, 6) is -0.115. The molecule has 3 aliphatic heterocycles. The highest BCUT2D eigenvalue weighted by atomic mass is 32.2. The number of pyridine rings is 1. The Morgan fingerprint density at radius 1 is 1.28 bits per heavy atom. The first kappa shape index (κ1) is 29.3. The average Bonchev–Trinajstić information content (AvgIpc) is 3.54. The minimum atomic E-state index is -0.347. The summed E-state index contributed by atoms with van der Waals surface area (Å²) < 4.78 is 13.2. The number of hydrogen-bond donors (Lipinski definition) is 0. The number of hydrogen-bond acceptors (Lipinski definition) is 9. The first-order chi connectivity index (χ1) is 18.8. The molecular weight excluding hydrogens is 536 g/mol. The predicted molar refractivity (Wildman–Crippen MR) is 155 cm³/mol. The third-order valence-corrected chi connectivity index (χ3v) is 8.86. The predicted octanol–water partition coefficient (Wildman–Crippen LogP) is 3.99. The number of rotatable bonds is 9. The summed E-state index contributed by atoms with van der Waals surface area (Å²) >= 11 is 6.79. The SMILES string of the molecule is CCCCn1c(N2CCCC(C(=O)OCC)C2)c(/C=C2\SC(=S)N(CC3CCCO3)C2=O)c(C)c(C#N)c1=O. The quantitative estimate of drug-likeness (QED) is 0.247. The van der Waals surface area contributed by atoms with E-state index in [4.69, 9.17) is 21.7 Å². The van der Waals surface area contributed by atoms with Crippen LogP contribution in [-0.4, -0.2) is 64.6 Å². The van der Waals surface area contributed by atoms with Crippen LogP contribution in [0.4, 0.5) is 5.82 Å². The van der Waals surface area contributed by atoms with E-state index in [9.17, 15) is 19.6 Å². The van der Waals surface area contributed by atoms with Gasteiger partial charge in [0.05, 0.1) is 30.1 Å². The molecule has 39 heavy (non-hydrogen) atoms. The minimum Gasteiger partial charge on any atom is -0.466 e. The summed E-state index contributed by atoms with van der Waals surface area (Å²) in [4.78, 5) is 43.8. The van der Waals surface area contributed by atoms with Crippen LogP contribution < -0.4 is 10.5 Å². The number of ether oxygens (including phenoxy) is 2. The van der Waals surface area contributed by atoms with Gasteiger partial charge in [0.25, 0.3) is 11.5 Å². The maximum atomic E-state index is 13.5. The number of aromatic nitrogens is 1. The number of nitrogens with zero attached hydrogens (tertiary/aromatic N) is 4. The Hall–Kier alpha value is -2.68. The zero-order valence-electron chi connectivity index (χ0n) is 22.9. The molecule has 4 rings (SSSR count). The fraction of sp³-hybridized carbons (Fsp3) is 0.607. The first-order valence-corrected chi connectivity index (χ1v) is 15.0. The highest BCUT2D eigenvalue weighted by Gasteiger charge is 2.36. The summed E-state index contributed by atoms with van der Waals surface area (Å²) in [6.07, 6.45) is 6.69. The van der Waals surface area contributed by atoms with Gasteiger partial charge >= 0.3 is 5.97 Å². The number of anilines is 1. The van der Waals surface area contributed by atoms with Crippen molar-refractivity contribution in [3.8, 4) is 6.07 Å². The monoisotopic (exact) mass is 572 g/mol. The van der Waals surface area contributed by atoms with Crippen LogP contribution in [0.3, 0.4) is 0 Å². The van der Waals surface area contributed by atoms with Gasteiger partial charge in [0, 0.05) is 31.8 Å². The fourth-order valence-corrected chi connectivity index (χ4v) is 6.67. The van der Waals surface area contributed by atoms with Gasteiger partial charge in [-0.1, -0.05) is 37.3 Å². The van der Waals surface area contributed by atoms with Crippen LogP contribution in [0.1, 0.15) is 69.1 Å². The molecule has 0 spiro atoms. The molecule has 3 saturated heterocycles. The lowest BCUT2D eigenvalue weighted by molar-refractivity contribution is -0.148. The van der Waals surface area contributed by atoms with Gasteiger partial charge in [-0.3, -0.25) is 23.9 Å². The van der Waals surface area contributed by atoms with E-state index in [1.54, 1.807) is 29.4 Å². The summed E-state index contributed by atoms with van der Waals surface area (Å²) in [6, 6.07) is 2.10. The summed E-state index contributed by atoms with van der Waals surface area (Å²) in [7, 11) is 0. The van der Waals surface area contributed by atoms with Crippen LogP contribution in [0.25, 0.3) is 6.08 Å². The van der Waals surface area contributed by atoms with Gasteiger partial charge in [-0.25, -0.2) is 0 Å². The Morgan fingerprint density at radius 2 is 2.08 bits per heavy atom. The standard InChI is InChI=1S/C28H36N4O5S2/c1-4-6-12-31-24(30-11-7-9-19(16-30)27(35)36-5-2)21(18(3)22(15-29)25(31)33)14-23-26(34)32(28(38)39-23)17-20-10-8-13-37-20/h14,19-20H,4-13,16-17H2,1-3H3/b23-14-. The van der Waals surface area contributed by atoms with E-state index in [-0.39, 0.29) is 35.0 Å². The number of amides is 1. The number of unbranched alkanes of at least 4 members (excludes halogenated alkanes) is 1. The summed E-state index contributed by atoms with van der Waals surface area (Å²) in [6.45, 7) is 8.48. The minimum absolute atomic E-state index is 0.0292. The van der Waals surface area contributed by atoms with Gasteiger partial charge in [0.15, 0.2) is 0 Å². The van der Waals surface area contributed by atoms with Gasteiger partial charge in [0.1, 0.15) is 21.8 Å². The van der Waals surface area contributed by atoms with Gasteiger partial charge in [-0.15, -0.1) is 0 Å². The largest absolute Gasteiger partial charge is 0.466 e. The molecular formula is C28H36N4O5S2. The van der Waals surface area contributed by atoms with Crippen molar-refractivity contribution in [3.05, 3.63) is 31.9 Å². The maximum absolute atomic E-state index is 13.5. The lowest BCUT2D eigenvalue weighted by Gasteiger charge is -2.36. The van der Waals surface area contributed by atoms with Crippen molar-refractivity contribution in [2.24, 2.45) is 5.92 Å². The number of piperidine rings is 1. The third-order valence-electron chi connectivity index (χ3n) is 7.48. The molecule has 2 unspecified atom stereocenters. The van der Waals surface area contributed by atoms with E-state index >= 15 is 0 Å². The number of esters is 1. The number of thiocarbonyl (C=S) groups is 1. The maximum Gasteiger partial charge on any atom is 0.310 e. The molecule has 9 nitrogen and oxygen atoms in total. The molecule has 2 atom stereocenters. The number of thioether (sulfide) groups is 1. The Morgan fingerprint density at radius 3 is 2.74 bits per heavy atom. The van der Waals surface area contributed by atoms with Gasteiger partial charge < -0.3 is 14.4 Å². The van der Waals surface area contributed by atoms with Crippen LogP contribution in [0.2, 0.25) is 0 Å². The lowest BCUT2D eigenvalue weighted by Crippen LogP contribution is -2.43. The molecule has 4 heterocycles. The normalized spacial score (nSPS) is 22.6. The van der Waals surface area contributed by atoms with E-state index in [0.717, 1.165) is 32.1 Å². The molecule has 3 aliphatic rings. The van der Waals surface area contributed by atoms with Gasteiger partial charge in [-0.05, 0) is 57.6 Å². The second kappa shape index (κ2) is 13.1. The zero-order valence-corrected chi connectivity index (χ0v) is 24.5. The third kappa shape index (κ3) is 6.23. The molecule has 0 saturated carbocycles. The second-order valence-corrected chi connectivity index (χ2v) is 11.8. The second-order valence-electron chi connectivity index (χ2n) is 10.1. The highest BCUT2D eigenvalue weighted by Crippen LogP contribution is 2.37. The van der Waals surface area contributed by atoms with Crippen LogP contribution in [0.15, 0.2) is 9.70 Å². The lowest BCUT2D eigenvalue weighted by atomic mass is 9.96. The Labute approximate surface area is 239 Å². The van der Waals surface area contributed by atoms with Crippen LogP contribution in [0, 0.1) is 24.2 Å². The number of carbonyl (C=O) groups is 2. The summed E-state index contributed by atoms with van der Waals surface area (Å²) in [5, 5.41) is 9.93. The zero-order chi connectivity index (χ0) is 28.1. The van der Waals surface area contributed by atoms with E-state index < -0.39 is 0 Å². The fourth-order valence-electron chi connectivity index (χ4n) is 5.41. The van der Waals surface area contributed by atoms with Gasteiger partial charge in [0.2, 0.25) is 0 Å². The number of carbonyl (C=O) groups excluding carboxylic acids is 2. The molecule has 0 aromatic carbocycles. The molecule has 0 aliphatic carbocycles. The van der Waals surface area contributed by atoms with Crippen molar-refractivity contribution in [2.75, 3.05) is 37.7 Å². The van der Waals surface area contributed by atoms with Crippen molar-refractivity contribution >= 4 is 52.1 Å². The molecule has 1 aromatic rings. The van der Waals surface area contributed by atoms with Crippen molar-refractivity contribution in [1.82, 2.24) is 9.47 Å².